The van der Waals surface area contributed by atoms with Crippen molar-refractivity contribution in [2.24, 2.45) is 11.1 Å². The molecule has 0 saturated heterocycles. The molecule has 18 heavy (non-hydrogen) atoms. The molecule has 0 unspecified atom stereocenters. The Morgan fingerprint density at radius 2 is 1.67 bits per heavy atom. The molecule has 0 atom stereocenters. The standard InChI is InChI=1S/C13H17N3O2/c1-9(17)15-10-2-4-11(5-3-10)16-12(18)13(8-14)6-7-13/h2-5H,6-8,14H2,1H3,(H,15,17)(H,16,18). The van der Waals surface area contributed by atoms with E-state index >= 15 is 0 Å². The molecule has 5 heteroatoms. The van der Waals surface area contributed by atoms with Gasteiger partial charge >= 0.3 is 0 Å². The third-order valence-electron chi connectivity index (χ3n) is 3.19. The second-order valence-corrected chi connectivity index (χ2v) is 4.70. The third-order valence-corrected chi connectivity index (χ3v) is 3.19. The van der Waals surface area contributed by atoms with E-state index in [0.29, 0.717) is 17.9 Å². The van der Waals surface area contributed by atoms with Gasteiger partial charge in [0.15, 0.2) is 0 Å². The van der Waals surface area contributed by atoms with Crippen molar-refractivity contribution in [3.63, 3.8) is 0 Å². The summed E-state index contributed by atoms with van der Waals surface area (Å²) in [5.41, 5.74) is 6.67. The normalized spacial score (nSPS) is 15.9. The average Bonchev–Trinajstić information content (AvgIpc) is 3.12. The van der Waals surface area contributed by atoms with Gasteiger partial charge in [-0.1, -0.05) is 0 Å². The van der Waals surface area contributed by atoms with E-state index in [1.807, 2.05) is 0 Å². The maximum absolute atomic E-state index is 11.9. The minimum atomic E-state index is -0.351. The monoisotopic (exact) mass is 247 g/mol. The van der Waals surface area contributed by atoms with Crippen LogP contribution in [0.1, 0.15) is 19.8 Å². The molecule has 0 spiro atoms. The van der Waals surface area contributed by atoms with Crippen LogP contribution < -0.4 is 16.4 Å². The molecule has 5 nitrogen and oxygen atoms in total. The number of carbonyl (C=O) groups is 2. The molecule has 0 heterocycles. The summed E-state index contributed by atoms with van der Waals surface area (Å²) in [5.74, 6) is -0.135. The third kappa shape index (κ3) is 2.68. The van der Waals surface area contributed by atoms with Gasteiger partial charge in [-0.15, -0.1) is 0 Å². The van der Waals surface area contributed by atoms with Crippen LogP contribution >= 0.6 is 0 Å². The van der Waals surface area contributed by atoms with Gasteiger partial charge in [0.1, 0.15) is 0 Å². The predicted molar refractivity (Wildman–Crippen MR) is 70.1 cm³/mol. The van der Waals surface area contributed by atoms with Crippen molar-refractivity contribution >= 4 is 23.2 Å². The Labute approximate surface area is 106 Å². The number of benzene rings is 1. The van der Waals surface area contributed by atoms with Crippen LogP contribution in [-0.4, -0.2) is 18.4 Å². The molecule has 1 saturated carbocycles. The van der Waals surface area contributed by atoms with Crippen LogP contribution in [0, 0.1) is 5.41 Å². The first kappa shape index (κ1) is 12.6. The Balaban J connectivity index is 1.98. The summed E-state index contributed by atoms with van der Waals surface area (Å²) in [6, 6.07) is 7.02. The zero-order valence-corrected chi connectivity index (χ0v) is 10.3. The predicted octanol–water partition coefficient (Wildman–Crippen LogP) is 1.32. The van der Waals surface area contributed by atoms with Gasteiger partial charge in [-0.2, -0.15) is 0 Å². The van der Waals surface area contributed by atoms with E-state index in [9.17, 15) is 9.59 Å². The van der Waals surface area contributed by atoms with Gasteiger partial charge in [0.25, 0.3) is 0 Å². The topological polar surface area (TPSA) is 84.2 Å². The van der Waals surface area contributed by atoms with Crippen LogP contribution in [-0.2, 0) is 9.59 Å². The minimum Gasteiger partial charge on any atom is -0.329 e. The molecule has 1 fully saturated rings. The van der Waals surface area contributed by atoms with Crippen LogP contribution in [0.3, 0.4) is 0 Å². The lowest BCUT2D eigenvalue weighted by molar-refractivity contribution is -0.120. The Kier molecular flexibility index (Phi) is 3.34. The second-order valence-electron chi connectivity index (χ2n) is 4.70. The molecular weight excluding hydrogens is 230 g/mol. The van der Waals surface area contributed by atoms with Crippen LogP contribution in [0.2, 0.25) is 0 Å². The lowest BCUT2D eigenvalue weighted by Gasteiger charge is -2.13. The highest BCUT2D eigenvalue weighted by Crippen LogP contribution is 2.45. The number of hydrogen-bond donors (Lipinski definition) is 3. The largest absolute Gasteiger partial charge is 0.329 e. The van der Waals surface area contributed by atoms with Crippen LogP contribution in [0.5, 0.6) is 0 Å². The summed E-state index contributed by atoms with van der Waals surface area (Å²) >= 11 is 0. The van der Waals surface area contributed by atoms with Gasteiger partial charge in [0.2, 0.25) is 11.8 Å². The molecule has 4 N–H and O–H groups in total. The molecule has 96 valence electrons. The van der Waals surface area contributed by atoms with Crippen LogP contribution in [0.25, 0.3) is 0 Å². The summed E-state index contributed by atoms with van der Waals surface area (Å²) in [4.78, 5) is 22.8. The molecular formula is C13H17N3O2. The number of amides is 2. The number of carbonyl (C=O) groups excluding carboxylic acids is 2. The molecule has 0 bridgehead atoms. The number of anilines is 2. The highest BCUT2D eigenvalue weighted by Gasteiger charge is 2.48. The molecule has 1 aromatic rings. The van der Waals surface area contributed by atoms with Crippen LogP contribution in [0.15, 0.2) is 24.3 Å². The minimum absolute atomic E-state index is 0.0164. The van der Waals surface area contributed by atoms with Crippen molar-refractivity contribution in [1.29, 1.82) is 0 Å². The fourth-order valence-corrected chi connectivity index (χ4v) is 1.78. The van der Waals surface area contributed by atoms with Crippen molar-refractivity contribution in [3.8, 4) is 0 Å². The van der Waals surface area contributed by atoms with Gasteiger partial charge in [0, 0.05) is 24.8 Å². The highest BCUT2D eigenvalue weighted by molar-refractivity contribution is 5.97. The van der Waals surface area contributed by atoms with Gasteiger partial charge in [0.05, 0.1) is 5.41 Å². The Bertz CT molecular complexity index is 464. The highest BCUT2D eigenvalue weighted by atomic mass is 16.2. The van der Waals surface area contributed by atoms with Gasteiger partial charge in [-0.05, 0) is 37.1 Å². The van der Waals surface area contributed by atoms with Crippen LogP contribution in [0.4, 0.5) is 11.4 Å². The fourth-order valence-electron chi connectivity index (χ4n) is 1.78. The van der Waals surface area contributed by atoms with E-state index < -0.39 is 0 Å². The first-order valence-electron chi connectivity index (χ1n) is 5.95. The van der Waals surface area contributed by atoms with Crippen molar-refractivity contribution in [2.45, 2.75) is 19.8 Å². The van der Waals surface area contributed by atoms with E-state index in [4.69, 9.17) is 5.73 Å². The first-order valence-corrected chi connectivity index (χ1v) is 5.95. The summed E-state index contributed by atoms with van der Waals surface area (Å²) in [5, 5.41) is 5.51. The van der Waals surface area contributed by atoms with Gasteiger partial charge in [-0.3, -0.25) is 9.59 Å². The van der Waals surface area contributed by atoms with Crippen molar-refractivity contribution in [3.05, 3.63) is 24.3 Å². The van der Waals surface area contributed by atoms with E-state index in [0.717, 1.165) is 12.8 Å². The Morgan fingerprint density at radius 3 is 2.06 bits per heavy atom. The summed E-state index contributed by atoms with van der Waals surface area (Å²) in [6.45, 7) is 1.84. The maximum atomic E-state index is 11.9. The summed E-state index contributed by atoms with van der Waals surface area (Å²) in [7, 11) is 0. The smallest absolute Gasteiger partial charge is 0.231 e. The molecule has 0 radical (unpaired) electrons. The summed E-state index contributed by atoms with van der Waals surface area (Å²) in [6.07, 6.45) is 1.72. The van der Waals surface area contributed by atoms with E-state index in [1.54, 1.807) is 24.3 Å². The van der Waals surface area contributed by atoms with Crippen molar-refractivity contribution < 1.29 is 9.59 Å². The molecule has 1 aliphatic rings. The van der Waals surface area contributed by atoms with Crippen molar-refractivity contribution in [2.75, 3.05) is 17.2 Å². The van der Waals surface area contributed by atoms with E-state index in [-0.39, 0.29) is 17.2 Å². The fraction of sp³-hybridized carbons (Fsp3) is 0.385. The number of hydrogen-bond acceptors (Lipinski definition) is 3. The van der Waals surface area contributed by atoms with Crippen molar-refractivity contribution in [1.82, 2.24) is 0 Å². The lowest BCUT2D eigenvalue weighted by Crippen LogP contribution is -2.30. The Hall–Kier alpha value is -1.88. The van der Waals surface area contributed by atoms with E-state index in [2.05, 4.69) is 10.6 Å². The molecule has 1 aliphatic carbocycles. The SMILES string of the molecule is CC(=O)Nc1ccc(NC(=O)C2(CN)CC2)cc1. The number of nitrogens with two attached hydrogens (primary N) is 1. The lowest BCUT2D eigenvalue weighted by atomic mass is 10.1. The number of rotatable bonds is 4. The number of nitrogens with one attached hydrogen (secondary N) is 2. The Morgan fingerprint density at radius 1 is 1.17 bits per heavy atom. The quantitative estimate of drug-likeness (QED) is 0.750. The molecule has 2 amide bonds. The average molecular weight is 247 g/mol. The molecule has 2 rings (SSSR count). The van der Waals surface area contributed by atoms with Gasteiger partial charge < -0.3 is 16.4 Å². The zero-order chi connectivity index (χ0) is 13.2. The zero-order valence-electron chi connectivity index (χ0n) is 10.3. The maximum Gasteiger partial charge on any atom is 0.231 e. The molecule has 1 aromatic carbocycles. The summed E-state index contributed by atoms with van der Waals surface area (Å²) < 4.78 is 0. The molecule has 0 aromatic heterocycles. The van der Waals surface area contributed by atoms with E-state index in [1.165, 1.54) is 6.92 Å². The first-order chi connectivity index (χ1) is 8.55. The van der Waals surface area contributed by atoms with Gasteiger partial charge in [-0.25, -0.2) is 0 Å². The molecule has 0 aliphatic heterocycles. The second kappa shape index (κ2) is 4.78.